The summed E-state index contributed by atoms with van der Waals surface area (Å²) < 4.78 is 0. The maximum absolute atomic E-state index is 4.66. The molecule has 2 nitrogen and oxygen atoms in total. The van der Waals surface area contributed by atoms with Crippen LogP contribution < -0.4 is 20.7 Å². The van der Waals surface area contributed by atoms with Crippen molar-refractivity contribution < 1.29 is 0 Å². The molecule has 8 rings (SSSR count). The Morgan fingerprint density at radius 1 is 0.475 bits per heavy atom. The average Bonchev–Trinajstić information content (AvgIpc) is 3.22. The Morgan fingerprint density at radius 2 is 1.07 bits per heavy atom. The molecule has 0 fully saturated rings. The minimum Gasteiger partial charge on any atom is -0.256 e. The van der Waals surface area contributed by atoms with E-state index in [0.717, 1.165) is 11.4 Å². The summed E-state index contributed by atoms with van der Waals surface area (Å²) >= 11 is 0. The highest BCUT2D eigenvalue weighted by atomic mass is 28.3. The molecule has 0 aliphatic carbocycles. The lowest BCUT2D eigenvalue weighted by Gasteiger charge is -2.35. The minimum absolute atomic E-state index is 1.04. The molecule has 0 atom stereocenters. The fraction of sp³-hybridized carbons (Fsp3) is 0.111. The number of benzene rings is 4. The molecule has 0 unspecified atom stereocenters. The maximum atomic E-state index is 4.66. The number of aromatic nitrogens is 2. The molecule has 40 heavy (non-hydrogen) atoms. The molecular formula is C36H30N2Si2. The lowest BCUT2D eigenvalue weighted by Crippen LogP contribution is -2.56. The zero-order valence-electron chi connectivity index (χ0n) is 23.3. The first kappa shape index (κ1) is 23.7. The second kappa shape index (κ2) is 8.20. The summed E-state index contributed by atoms with van der Waals surface area (Å²) in [5.41, 5.74) is 10.2. The number of nitrogens with zero attached hydrogens (tertiary/aromatic N) is 2. The molecule has 4 aromatic carbocycles. The Bertz CT molecular complexity index is 1990. The van der Waals surface area contributed by atoms with E-state index in [1.165, 1.54) is 54.5 Å². The van der Waals surface area contributed by atoms with E-state index >= 15 is 0 Å². The smallest absolute Gasteiger partial charge is 0.113 e. The van der Waals surface area contributed by atoms with Crippen LogP contribution in [-0.4, -0.2) is 26.1 Å². The minimum atomic E-state index is -1.96. The average molecular weight is 547 g/mol. The molecule has 0 saturated heterocycles. The van der Waals surface area contributed by atoms with E-state index in [-0.39, 0.29) is 0 Å². The van der Waals surface area contributed by atoms with Crippen LogP contribution in [0.2, 0.25) is 26.2 Å². The largest absolute Gasteiger partial charge is 0.256 e. The van der Waals surface area contributed by atoms with Crippen molar-refractivity contribution in [2.45, 2.75) is 26.2 Å². The van der Waals surface area contributed by atoms with Crippen LogP contribution >= 0.6 is 0 Å². The zero-order chi connectivity index (χ0) is 27.2. The van der Waals surface area contributed by atoms with Gasteiger partial charge in [0.25, 0.3) is 0 Å². The molecule has 0 amide bonds. The van der Waals surface area contributed by atoms with Gasteiger partial charge in [0.1, 0.15) is 16.1 Å². The highest BCUT2D eigenvalue weighted by Gasteiger charge is 2.42. The van der Waals surface area contributed by atoms with Crippen LogP contribution in [0.1, 0.15) is 0 Å². The Hall–Kier alpha value is -4.13. The van der Waals surface area contributed by atoms with Crippen LogP contribution in [0.4, 0.5) is 0 Å². The number of rotatable bonds is 2. The van der Waals surface area contributed by atoms with Gasteiger partial charge in [-0.1, -0.05) is 99.0 Å². The normalized spacial score (nSPS) is 15.4. The third kappa shape index (κ3) is 3.15. The molecule has 2 aromatic heterocycles. The number of hydrogen-bond donors (Lipinski definition) is 0. The summed E-state index contributed by atoms with van der Waals surface area (Å²) in [6.45, 7) is 10.1. The van der Waals surface area contributed by atoms with E-state index in [9.17, 15) is 0 Å². The van der Waals surface area contributed by atoms with Crippen molar-refractivity contribution >= 4 is 47.7 Å². The van der Waals surface area contributed by atoms with Crippen LogP contribution in [0.5, 0.6) is 0 Å². The fourth-order valence-electron chi connectivity index (χ4n) is 7.25. The van der Waals surface area contributed by atoms with Crippen LogP contribution in [0, 0.1) is 0 Å². The van der Waals surface area contributed by atoms with Crippen molar-refractivity contribution in [1.29, 1.82) is 0 Å². The second-order valence-electron chi connectivity index (χ2n) is 12.3. The van der Waals surface area contributed by atoms with Crippen molar-refractivity contribution in [2.24, 2.45) is 0 Å². The van der Waals surface area contributed by atoms with E-state index in [4.69, 9.17) is 0 Å². The van der Waals surface area contributed by atoms with Gasteiger partial charge in [0, 0.05) is 23.5 Å². The van der Waals surface area contributed by atoms with Crippen molar-refractivity contribution in [1.82, 2.24) is 9.97 Å². The second-order valence-corrected chi connectivity index (χ2v) is 20.9. The van der Waals surface area contributed by atoms with Crippen LogP contribution in [0.3, 0.4) is 0 Å². The van der Waals surface area contributed by atoms with E-state index in [2.05, 4.69) is 121 Å². The third-order valence-electron chi connectivity index (χ3n) is 9.37. The first-order chi connectivity index (χ1) is 19.4. The van der Waals surface area contributed by atoms with Gasteiger partial charge in [-0.2, -0.15) is 0 Å². The predicted octanol–water partition coefficient (Wildman–Crippen LogP) is 6.57. The summed E-state index contributed by atoms with van der Waals surface area (Å²) in [6.07, 6.45) is 3.78. The SMILES string of the molecule is C[Si]1(C)c2cc(-c3ccccn3)ccc2-c2c1cc1c3c(cccc23)[Si](C)(C)c2cc(-c3ccccn3)ccc2-1. The Kier molecular flexibility index (Phi) is 4.86. The zero-order valence-corrected chi connectivity index (χ0v) is 25.3. The Labute approximate surface area is 237 Å². The van der Waals surface area contributed by atoms with Crippen molar-refractivity contribution in [3.63, 3.8) is 0 Å². The van der Waals surface area contributed by atoms with Gasteiger partial charge in [-0.05, 0) is 78.0 Å². The summed E-state index contributed by atoms with van der Waals surface area (Å²) in [6, 6.07) is 36.2. The van der Waals surface area contributed by atoms with Crippen LogP contribution in [0.15, 0.2) is 109 Å². The topological polar surface area (TPSA) is 25.8 Å². The molecule has 0 spiro atoms. The standard InChI is InChI=1S/C36H30N2Si2/c1-39(2)31-13-9-10-27-35-26-17-15-24(30-12-6-8-19-38-30)21-33(26)40(3,4)34(35)22-28(36(27)31)25-16-14-23(20-32(25)39)29-11-5-7-18-37-29/h5-22H,1-4H3. The number of hydrogen-bond acceptors (Lipinski definition) is 2. The lowest BCUT2D eigenvalue weighted by atomic mass is 9.90. The molecule has 0 N–H and O–H groups in total. The molecule has 4 heterocycles. The summed E-state index contributed by atoms with van der Waals surface area (Å²) in [4.78, 5) is 9.32. The Morgan fingerprint density at radius 3 is 1.70 bits per heavy atom. The van der Waals surface area contributed by atoms with Gasteiger partial charge in [-0.3, -0.25) is 9.97 Å². The molecule has 0 bridgehead atoms. The third-order valence-corrected chi connectivity index (χ3v) is 16.4. The van der Waals surface area contributed by atoms with E-state index in [1.54, 1.807) is 10.4 Å². The maximum Gasteiger partial charge on any atom is 0.113 e. The van der Waals surface area contributed by atoms with E-state index < -0.39 is 16.1 Å². The molecule has 2 aliphatic rings. The summed E-state index contributed by atoms with van der Waals surface area (Å²) in [5.74, 6) is 0. The molecule has 4 heteroatoms. The first-order valence-electron chi connectivity index (χ1n) is 14.1. The van der Waals surface area contributed by atoms with E-state index in [1.807, 2.05) is 24.5 Å². The lowest BCUT2D eigenvalue weighted by molar-refractivity contribution is 1.33. The van der Waals surface area contributed by atoms with Crippen LogP contribution in [-0.2, 0) is 0 Å². The Balaban J connectivity index is 1.40. The van der Waals surface area contributed by atoms with Gasteiger partial charge in [0.05, 0.1) is 11.4 Å². The molecule has 0 saturated carbocycles. The van der Waals surface area contributed by atoms with Crippen molar-refractivity contribution in [3.05, 3.63) is 109 Å². The van der Waals surface area contributed by atoms with Crippen molar-refractivity contribution in [2.75, 3.05) is 0 Å². The highest BCUT2D eigenvalue weighted by molar-refractivity contribution is 7.05. The summed E-state index contributed by atoms with van der Waals surface area (Å²) in [5, 5.41) is 9.05. The molecule has 0 radical (unpaired) electrons. The number of pyridine rings is 2. The van der Waals surface area contributed by atoms with Gasteiger partial charge >= 0.3 is 0 Å². The van der Waals surface area contributed by atoms with E-state index in [0.29, 0.717) is 0 Å². The van der Waals surface area contributed by atoms with Crippen molar-refractivity contribution in [3.8, 4) is 44.8 Å². The van der Waals surface area contributed by atoms with Gasteiger partial charge in [0.2, 0.25) is 0 Å². The molecule has 6 aromatic rings. The monoisotopic (exact) mass is 546 g/mol. The number of fused-ring (bicyclic) bond motifs is 6. The van der Waals surface area contributed by atoms with Gasteiger partial charge in [-0.25, -0.2) is 0 Å². The molecule has 192 valence electrons. The van der Waals surface area contributed by atoms with Gasteiger partial charge < -0.3 is 0 Å². The van der Waals surface area contributed by atoms with Gasteiger partial charge in [0.15, 0.2) is 0 Å². The quantitative estimate of drug-likeness (QED) is 0.230. The predicted molar refractivity (Wildman–Crippen MR) is 175 cm³/mol. The summed E-state index contributed by atoms with van der Waals surface area (Å²) in [7, 11) is -3.91. The fourth-order valence-corrected chi connectivity index (χ4v) is 13.4. The first-order valence-corrected chi connectivity index (χ1v) is 20.1. The molecular weight excluding hydrogens is 517 g/mol. The van der Waals surface area contributed by atoms with Gasteiger partial charge in [-0.15, -0.1) is 0 Å². The van der Waals surface area contributed by atoms with Crippen LogP contribution in [0.25, 0.3) is 55.5 Å². The highest BCUT2D eigenvalue weighted by Crippen LogP contribution is 2.42. The molecule has 2 aliphatic heterocycles.